The van der Waals surface area contributed by atoms with E-state index in [1.165, 1.54) is 65.7 Å². The van der Waals surface area contributed by atoms with Crippen molar-refractivity contribution in [2.45, 2.75) is 46.3 Å². The molecule has 0 bridgehead atoms. The number of hydrogen-bond acceptors (Lipinski definition) is 2. The van der Waals surface area contributed by atoms with Gasteiger partial charge in [-0.2, -0.15) is 0 Å². The van der Waals surface area contributed by atoms with Crippen LogP contribution < -0.4 is 5.46 Å². The van der Waals surface area contributed by atoms with Gasteiger partial charge in [0.05, 0.1) is 11.7 Å². The molecule has 0 amide bonds. The Morgan fingerprint density at radius 3 is 1.80 bits per heavy atom. The smallest absolute Gasteiger partial charge is 0.402 e. The van der Waals surface area contributed by atoms with Crippen LogP contribution in [0, 0.1) is 13.8 Å². The van der Waals surface area contributed by atoms with Crippen molar-refractivity contribution in [1.29, 1.82) is 0 Å². The van der Waals surface area contributed by atoms with Crippen LogP contribution in [0.15, 0.2) is 103 Å². The number of fused-ring (bicyclic) bond motifs is 6. The molecule has 196 valence electrons. The molecule has 0 aliphatic carbocycles. The third-order valence-corrected chi connectivity index (χ3v) is 8.92. The summed E-state index contributed by atoms with van der Waals surface area (Å²) in [4.78, 5) is 0. The van der Waals surface area contributed by atoms with Gasteiger partial charge in [-0.25, -0.2) is 0 Å². The van der Waals surface area contributed by atoms with Gasteiger partial charge in [0.25, 0.3) is 0 Å². The fourth-order valence-electron chi connectivity index (χ4n) is 6.35. The predicted octanol–water partition coefficient (Wildman–Crippen LogP) is 9.01. The Morgan fingerprint density at radius 2 is 1.20 bits per heavy atom. The van der Waals surface area contributed by atoms with E-state index >= 15 is 0 Å². The first-order chi connectivity index (χ1) is 19.3. The zero-order valence-corrected chi connectivity index (χ0v) is 23.8. The van der Waals surface area contributed by atoms with E-state index in [1.54, 1.807) is 0 Å². The molecule has 6 aromatic carbocycles. The maximum atomic E-state index is 6.22. The molecule has 3 heteroatoms. The molecule has 1 atom stereocenters. The molecule has 7 rings (SSSR count). The van der Waals surface area contributed by atoms with E-state index in [9.17, 15) is 0 Å². The fraction of sp³-hybridized carbons (Fsp3) is 0.189. The van der Waals surface area contributed by atoms with Gasteiger partial charge in [-0.1, -0.05) is 97.1 Å². The lowest BCUT2D eigenvalue weighted by molar-refractivity contribution is 0.0842. The van der Waals surface area contributed by atoms with Crippen LogP contribution in [-0.2, 0) is 9.31 Å². The Hall–Kier alpha value is -3.92. The number of aryl methyl sites for hydroxylation is 1. The molecule has 0 radical (unpaired) electrons. The van der Waals surface area contributed by atoms with Crippen LogP contribution in [-0.4, -0.2) is 18.8 Å². The second-order valence-electron chi connectivity index (χ2n) is 11.7. The van der Waals surface area contributed by atoms with Crippen LogP contribution in [0.4, 0.5) is 0 Å². The first-order valence-electron chi connectivity index (χ1n) is 14.2. The van der Waals surface area contributed by atoms with Crippen molar-refractivity contribution >= 4 is 44.9 Å². The van der Waals surface area contributed by atoms with Crippen molar-refractivity contribution in [1.82, 2.24) is 0 Å². The number of benzene rings is 6. The van der Waals surface area contributed by atoms with Crippen LogP contribution in [0.5, 0.6) is 0 Å². The van der Waals surface area contributed by atoms with Gasteiger partial charge >= 0.3 is 7.12 Å². The molecule has 1 fully saturated rings. The highest BCUT2D eigenvalue weighted by Gasteiger charge is 2.43. The minimum atomic E-state index is -0.325. The Balaban J connectivity index is 1.33. The number of rotatable bonds is 3. The van der Waals surface area contributed by atoms with Gasteiger partial charge in [-0.05, 0) is 112 Å². The van der Waals surface area contributed by atoms with E-state index < -0.39 is 0 Å². The zero-order chi connectivity index (χ0) is 27.6. The summed E-state index contributed by atoms with van der Waals surface area (Å²) >= 11 is 0. The molecule has 2 nitrogen and oxygen atoms in total. The second-order valence-corrected chi connectivity index (χ2v) is 11.7. The lowest BCUT2D eigenvalue weighted by Crippen LogP contribution is -2.34. The molecule has 0 aromatic heterocycles. The molecule has 1 unspecified atom stereocenters. The first-order valence-corrected chi connectivity index (χ1v) is 14.2. The third kappa shape index (κ3) is 3.96. The maximum absolute atomic E-state index is 6.22. The predicted molar refractivity (Wildman–Crippen MR) is 170 cm³/mol. The average Bonchev–Trinajstić information content (AvgIpc) is 3.25. The summed E-state index contributed by atoms with van der Waals surface area (Å²) < 4.78 is 12.4. The molecule has 0 saturated carbocycles. The Morgan fingerprint density at radius 1 is 0.600 bits per heavy atom. The first kappa shape index (κ1) is 25.1. The largest absolute Gasteiger partial charge is 0.494 e. The SMILES string of the molecule is Cc1cc(B2OC(C)C(C)(C)O2)ccc1-c1cccc(-c2ccc3c4ccccc4c4ccccc4c3c2)c1C. The van der Waals surface area contributed by atoms with Gasteiger partial charge in [0.2, 0.25) is 0 Å². The molecular formula is C37H33BO2. The van der Waals surface area contributed by atoms with Crippen LogP contribution in [0.3, 0.4) is 0 Å². The molecule has 40 heavy (non-hydrogen) atoms. The molecule has 6 aromatic rings. The molecule has 0 spiro atoms. The molecule has 1 aliphatic heterocycles. The lowest BCUT2D eigenvalue weighted by Gasteiger charge is -2.21. The molecule has 1 aliphatic rings. The van der Waals surface area contributed by atoms with Crippen LogP contribution in [0.2, 0.25) is 0 Å². The molecular weight excluding hydrogens is 487 g/mol. The zero-order valence-electron chi connectivity index (χ0n) is 23.8. The molecule has 0 N–H and O–H groups in total. The highest BCUT2D eigenvalue weighted by Crippen LogP contribution is 2.39. The van der Waals surface area contributed by atoms with E-state index in [4.69, 9.17) is 9.31 Å². The highest BCUT2D eigenvalue weighted by molar-refractivity contribution is 6.62. The summed E-state index contributed by atoms with van der Waals surface area (Å²) in [7, 11) is -0.325. The monoisotopic (exact) mass is 520 g/mol. The fourth-order valence-corrected chi connectivity index (χ4v) is 6.35. The van der Waals surface area contributed by atoms with Crippen LogP contribution >= 0.6 is 0 Å². The Labute approximate surface area is 236 Å². The van der Waals surface area contributed by atoms with E-state index in [2.05, 4.69) is 138 Å². The maximum Gasteiger partial charge on any atom is 0.494 e. The lowest BCUT2D eigenvalue weighted by atomic mass is 9.77. The number of hydrogen-bond donors (Lipinski definition) is 0. The van der Waals surface area contributed by atoms with Crippen molar-refractivity contribution < 1.29 is 9.31 Å². The van der Waals surface area contributed by atoms with Crippen molar-refractivity contribution in [3.05, 3.63) is 114 Å². The Bertz CT molecular complexity index is 1900. The van der Waals surface area contributed by atoms with Crippen molar-refractivity contribution in [2.75, 3.05) is 0 Å². The summed E-state index contributed by atoms with van der Waals surface area (Å²) in [6.45, 7) is 10.7. The molecule has 1 saturated heterocycles. The van der Waals surface area contributed by atoms with Gasteiger partial charge in [-0.3, -0.25) is 0 Å². The van der Waals surface area contributed by atoms with Gasteiger partial charge in [-0.15, -0.1) is 0 Å². The third-order valence-electron chi connectivity index (χ3n) is 8.92. The van der Waals surface area contributed by atoms with Gasteiger partial charge in [0.15, 0.2) is 0 Å². The molecule has 1 heterocycles. The summed E-state index contributed by atoms with van der Waals surface area (Å²) in [5, 5.41) is 7.81. The quantitative estimate of drug-likeness (QED) is 0.171. The highest BCUT2D eigenvalue weighted by atomic mass is 16.7. The standard InChI is InChI=1S/C37H33BO2/c1-23-21-27(38-39-25(3)37(4,5)40-38)18-20-28(23)30-16-10-15-29(24(30)2)26-17-19-35-33-13-7-6-11-31(33)32-12-8-9-14-34(32)36(35)22-26/h6-22,25H,1-5H3. The second kappa shape index (κ2) is 9.33. The van der Waals surface area contributed by atoms with Crippen LogP contribution in [0.1, 0.15) is 31.9 Å². The average molecular weight is 520 g/mol. The minimum absolute atomic E-state index is 0.0495. The van der Waals surface area contributed by atoms with Crippen molar-refractivity contribution in [3.63, 3.8) is 0 Å². The summed E-state index contributed by atoms with van der Waals surface area (Å²) in [5.41, 5.74) is 8.28. The van der Waals surface area contributed by atoms with Gasteiger partial charge in [0.1, 0.15) is 0 Å². The van der Waals surface area contributed by atoms with E-state index in [-0.39, 0.29) is 18.8 Å². The summed E-state index contributed by atoms with van der Waals surface area (Å²) in [6, 6.07) is 37.7. The summed E-state index contributed by atoms with van der Waals surface area (Å²) in [5.74, 6) is 0. The van der Waals surface area contributed by atoms with Gasteiger partial charge < -0.3 is 9.31 Å². The van der Waals surface area contributed by atoms with E-state index in [1.807, 2.05) is 0 Å². The van der Waals surface area contributed by atoms with Crippen molar-refractivity contribution in [3.8, 4) is 22.3 Å². The van der Waals surface area contributed by atoms with Gasteiger partial charge in [0, 0.05) is 0 Å². The Kier molecular flexibility index (Phi) is 5.85. The van der Waals surface area contributed by atoms with Crippen molar-refractivity contribution in [2.24, 2.45) is 0 Å². The minimum Gasteiger partial charge on any atom is -0.402 e. The topological polar surface area (TPSA) is 18.5 Å². The normalized spacial score (nSPS) is 16.8. The van der Waals surface area contributed by atoms with E-state index in [0.29, 0.717) is 0 Å². The van der Waals surface area contributed by atoms with E-state index in [0.717, 1.165) is 5.46 Å². The van der Waals surface area contributed by atoms with Crippen LogP contribution in [0.25, 0.3) is 54.6 Å². The summed E-state index contributed by atoms with van der Waals surface area (Å²) in [6.07, 6.45) is 0.0495.